The molecule has 1 unspecified atom stereocenters. The Morgan fingerprint density at radius 3 is 2.90 bits per heavy atom. The van der Waals surface area contributed by atoms with Gasteiger partial charge in [0.05, 0.1) is 11.0 Å². The maximum absolute atomic E-state index is 4.58. The molecule has 0 spiro atoms. The zero-order valence-electron chi connectivity index (χ0n) is 13.1. The van der Waals surface area contributed by atoms with Gasteiger partial charge in [0.1, 0.15) is 5.82 Å². The lowest BCUT2D eigenvalue weighted by Gasteiger charge is -2.16. The minimum atomic E-state index is 0.437. The van der Waals surface area contributed by atoms with Crippen LogP contribution in [-0.4, -0.2) is 35.6 Å². The molecule has 0 saturated heterocycles. The molecule has 1 aromatic heterocycles. The molecule has 1 atom stereocenters. The molecule has 114 valence electrons. The van der Waals surface area contributed by atoms with Crippen molar-refractivity contribution in [2.24, 2.45) is 4.99 Å². The SMILES string of the molecule is CCC(C)NC(=NC)NCCCc1nc2ccccc2[nH]1. The molecule has 0 fully saturated rings. The van der Waals surface area contributed by atoms with Crippen molar-refractivity contribution >= 4 is 17.0 Å². The fraction of sp³-hybridized carbons (Fsp3) is 0.500. The molecule has 2 rings (SSSR count). The number of nitrogens with one attached hydrogen (secondary N) is 3. The average molecular weight is 287 g/mol. The van der Waals surface area contributed by atoms with Crippen LogP contribution in [0.25, 0.3) is 11.0 Å². The van der Waals surface area contributed by atoms with Gasteiger partial charge in [-0.05, 0) is 31.9 Å². The monoisotopic (exact) mass is 287 g/mol. The smallest absolute Gasteiger partial charge is 0.191 e. The van der Waals surface area contributed by atoms with E-state index in [1.54, 1.807) is 7.05 Å². The summed E-state index contributed by atoms with van der Waals surface area (Å²) in [7, 11) is 1.80. The number of para-hydroxylation sites is 2. The Labute approximate surface area is 126 Å². The van der Waals surface area contributed by atoms with E-state index in [4.69, 9.17) is 0 Å². The highest BCUT2D eigenvalue weighted by Crippen LogP contribution is 2.10. The summed E-state index contributed by atoms with van der Waals surface area (Å²) in [5, 5.41) is 6.69. The first-order valence-corrected chi connectivity index (χ1v) is 7.63. The minimum Gasteiger partial charge on any atom is -0.356 e. The standard InChI is InChI=1S/C16H25N5/c1-4-12(2)19-16(17-3)18-11-7-10-15-20-13-8-5-6-9-14(13)21-15/h5-6,8-9,12H,4,7,10-11H2,1-3H3,(H,20,21)(H2,17,18,19). The number of rotatable bonds is 6. The van der Waals surface area contributed by atoms with Crippen molar-refractivity contribution < 1.29 is 0 Å². The van der Waals surface area contributed by atoms with Gasteiger partial charge in [-0.1, -0.05) is 19.1 Å². The maximum atomic E-state index is 4.58. The lowest BCUT2D eigenvalue weighted by Crippen LogP contribution is -2.42. The average Bonchev–Trinajstić information content (AvgIpc) is 2.92. The Hall–Kier alpha value is -2.04. The number of hydrogen-bond donors (Lipinski definition) is 3. The summed E-state index contributed by atoms with van der Waals surface area (Å²) in [5.74, 6) is 1.91. The molecular formula is C16H25N5. The zero-order chi connectivity index (χ0) is 15.1. The Bertz CT molecular complexity index is 554. The number of aromatic nitrogens is 2. The molecule has 1 aromatic carbocycles. The van der Waals surface area contributed by atoms with Crippen molar-refractivity contribution in [1.29, 1.82) is 0 Å². The van der Waals surface area contributed by atoms with Gasteiger partial charge in [0, 0.05) is 26.1 Å². The summed E-state index contributed by atoms with van der Waals surface area (Å²) in [6.07, 6.45) is 3.03. The van der Waals surface area contributed by atoms with E-state index in [1.165, 1.54) is 0 Å². The first kappa shape index (κ1) is 15.4. The number of aromatic amines is 1. The van der Waals surface area contributed by atoms with Crippen LogP contribution < -0.4 is 10.6 Å². The molecule has 0 saturated carbocycles. The highest BCUT2D eigenvalue weighted by molar-refractivity contribution is 5.79. The van der Waals surface area contributed by atoms with E-state index in [2.05, 4.69) is 45.5 Å². The molecule has 0 amide bonds. The Balaban J connectivity index is 1.76. The topological polar surface area (TPSA) is 65.1 Å². The van der Waals surface area contributed by atoms with Crippen LogP contribution in [0, 0.1) is 0 Å². The van der Waals surface area contributed by atoms with Crippen LogP contribution in [-0.2, 0) is 6.42 Å². The van der Waals surface area contributed by atoms with Gasteiger partial charge in [0.25, 0.3) is 0 Å². The minimum absolute atomic E-state index is 0.437. The van der Waals surface area contributed by atoms with Crippen molar-refractivity contribution in [3.05, 3.63) is 30.1 Å². The highest BCUT2D eigenvalue weighted by atomic mass is 15.2. The number of benzene rings is 1. The molecule has 0 aliphatic heterocycles. The fourth-order valence-electron chi connectivity index (χ4n) is 2.12. The van der Waals surface area contributed by atoms with E-state index in [1.807, 2.05) is 18.2 Å². The van der Waals surface area contributed by atoms with Gasteiger partial charge in [0.15, 0.2) is 5.96 Å². The summed E-state index contributed by atoms with van der Waals surface area (Å²) in [6.45, 7) is 5.20. The summed E-state index contributed by atoms with van der Waals surface area (Å²) in [4.78, 5) is 12.2. The molecular weight excluding hydrogens is 262 g/mol. The van der Waals surface area contributed by atoms with E-state index >= 15 is 0 Å². The molecule has 0 aliphatic rings. The van der Waals surface area contributed by atoms with Gasteiger partial charge in [0.2, 0.25) is 0 Å². The number of H-pyrrole nitrogens is 1. The third kappa shape index (κ3) is 4.48. The molecule has 0 radical (unpaired) electrons. The molecule has 0 aliphatic carbocycles. The number of aryl methyl sites for hydroxylation is 1. The van der Waals surface area contributed by atoms with Crippen LogP contribution in [0.15, 0.2) is 29.3 Å². The van der Waals surface area contributed by atoms with Crippen molar-refractivity contribution in [2.45, 2.75) is 39.2 Å². The Morgan fingerprint density at radius 1 is 1.38 bits per heavy atom. The van der Waals surface area contributed by atoms with E-state index in [0.717, 1.165) is 48.6 Å². The quantitative estimate of drug-likeness (QED) is 0.434. The van der Waals surface area contributed by atoms with Gasteiger partial charge in [-0.15, -0.1) is 0 Å². The second-order valence-electron chi connectivity index (χ2n) is 5.26. The third-order valence-electron chi connectivity index (χ3n) is 3.54. The number of aliphatic imine (C=N–C) groups is 1. The van der Waals surface area contributed by atoms with Crippen LogP contribution in [0.5, 0.6) is 0 Å². The molecule has 2 aromatic rings. The second-order valence-corrected chi connectivity index (χ2v) is 5.26. The summed E-state index contributed by atoms with van der Waals surface area (Å²) in [6, 6.07) is 8.56. The van der Waals surface area contributed by atoms with Gasteiger partial charge < -0.3 is 15.6 Å². The van der Waals surface area contributed by atoms with Gasteiger partial charge in [-0.25, -0.2) is 4.98 Å². The summed E-state index contributed by atoms with van der Waals surface area (Å²) < 4.78 is 0. The predicted molar refractivity (Wildman–Crippen MR) is 88.7 cm³/mol. The fourth-order valence-corrected chi connectivity index (χ4v) is 2.12. The molecule has 21 heavy (non-hydrogen) atoms. The number of imidazole rings is 1. The first-order valence-electron chi connectivity index (χ1n) is 7.63. The molecule has 3 N–H and O–H groups in total. The Kier molecular flexibility index (Phi) is 5.60. The third-order valence-corrected chi connectivity index (χ3v) is 3.54. The zero-order valence-corrected chi connectivity index (χ0v) is 13.1. The van der Waals surface area contributed by atoms with Gasteiger partial charge in [-0.2, -0.15) is 0 Å². The van der Waals surface area contributed by atoms with E-state index in [9.17, 15) is 0 Å². The second kappa shape index (κ2) is 7.67. The Morgan fingerprint density at radius 2 is 2.19 bits per heavy atom. The predicted octanol–water partition coefficient (Wildman–Crippen LogP) is 2.46. The van der Waals surface area contributed by atoms with Crippen LogP contribution in [0.1, 0.15) is 32.5 Å². The van der Waals surface area contributed by atoms with Crippen LogP contribution >= 0.6 is 0 Å². The molecule has 0 bridgehead atoms. The first-order chi connectivity index (χ1) is 10.2. The van der Waals surface area contributed by atoms with Gasteiger partial charge >= 0.3 is 0 Å². The lowest BCUT2D eigenvalue weighted by molar-refractivity contribution is 0.619. The lowest BCUT2D eigenvalue weighted by atomic mass is 10.2. The number of nitrogens with zero attached hydrogens (tertiary/aromatic N) is 2. The van der Waals surface area contributed by atoms with Crippen molar-refractivity contribution in [2.75, 3.05) is 13.6 Å². The van der Waals surface area contributed by atoms with Crippen molar-refractivity contribution in [3.8, 4) is 0 Å². The normalized spacial score (nSPS) is 13.4. The van der Waals surface area contributed by atoms with E-state index in [0.29, 0.717) is 6.04 Å². The van der Waals surface area contributed by atoms with Crippen LogP contribution in [0.4, 0.5) is 0 Å². The maximum Gasteiger partial charge on any atom is 0.191 e. The highest BCUT2D eigenvalue weighted by Gasteiger charge is 2.04. The number of guanidine groups is 1. The number of fused-ring (bicyclic) bond motifs is 1. The molecule has 5 heteroatoms. The summed E-state index contributed by atoms with van der Waals surface area (Å²) >= 11 is 0. The van der Waals surface area contributed by atoms with Crippen molar-refractivity contribution in [1.82, 2.24) is 20.6 Å². The number of hydrogen-bond acceptors (Lipinski definition) is 2. The largest absolute Gasteiger partial charge is 0.356 e. The van der Waals surface area contributed by atoms with Crippen molar-refractivity contribution in [3.63, 3.8) is 0 Å². The van der Waals surface area contributed by atoms with E-state index < -0.39 is 0 Å². The summed E-state index contributed by atoms with van der Waals surface area (Å²) in [5.41, 5.74) is 2.14. The molecule has 5 nitrogen and oxygen atoms in total. The van der Waals surface area contributed by atoms with Crippen LogP contribution in [0.2, 0.25) is 0 Å². The van der Waals surface area contributed by atoms with Gasteiger partial charge in [-0.3, -0.25) is 4.99 Å². The van der Waals surface area contributed by atoms with E-state index in [-0.39, 0.29) is 0 Å². The van der Waals surface area contributed by atoms with Crippen LogP contribution in [0.3, 0.4) is 0 Å². The molecule has 1 heterocycles.